The van der Waals surface area contributed by atoms with Gasteiger partial charge in [0, 0.05) is 19.7 Å². The van der Waals surface area contributed by atoms with Gasteiger partial charge in [0.25, 0.3) is 5.91 Å². The minimum Gasteiger partial charge on any atom is -0.394 e. The standard InChI is InChI=1S/C31H46N6O8/c1-17(2)12-22-27(41)36-23(16-38)29(43)37-15-20(33-30(44)31(4,5)45-6)13-24(37)28(42)32-18(3)26(40)35-21(14-25(39)34-22)19-10-8-7-9-11-19/h7-11,17-18,20-24,38H,12-16H2,1-6H3,(H,32,42)(H,33,44)(H,34,39)(H,35,40)(H,36,41)/t18-,20-,21+,22-,23+,24-/m0/s1. The van der Waals surface area contributed by atoms with E-state index in [1.54, 1.807) is 44.2 Å². The van der Waals surface area contributed by atoms with E-state index in [9.17, 15) is 33.9 Å². The van der Waals surface area contributed by atoms with Crippen molar-refractivity contribution in [3.8, 4) is 0 Å². The van der Waals surface area contributed by atoms with E-state index in [0.29, 0.717) is 5.56 Å². The van der Waals surface area contributed by atoms with Gasteiger partial charge >= 0.3 is 0 Å². The van der Waals surface area contributed by atoms with E-state index in [2.05, 4.69) is 26.6 Å². The number of carbonyl (C=O) groups is 6. The number of aliphatic hydroxyl groups is 1. The normalized spacial score (nSPS) is 27.3. The number of fused-ring (bicyclic) bond motifs is 1. The van der Waals surface area contributed by atoms with Gasteiger partial charge in [-0.2, -0.15) is 0 Å². The zero-order valence-electron chi connectivity index (χ0n) is 26.7. The van der Waals surface area contributed by atoms with Crippen molar-refractivity contribution in [3.05, 3.63) is 35.9 Å². The van der Waals surface area contributed by atoms with Crippen LogP contribution in [0.4, 0.5) is 0 Å². The van der Waals surface area contributed by atoms with E-state index in [4.69, 9.17) is 4.74 Å². The summed E-state index contributed by atoms with van der Waals surface area (Å²) in [5.74, 6) is -3.65. The summed E-state index contributed by atoms with van der Waals surface area (Å²) < 4.78 is 5.25. The lowest BCUT2D eigenvalue weighted by Gasteiger charge is -2.30. The fourth-order valence-electron chi connectivity index (χ4n) is 5.29. The summed E-state index contributed by atoms with van der Waals surface area (Å²) in [6.45, 7) is 7.49. The summed E-state index contributed by atoms with van der Waals surface area (Å²) in [6, 6.07) is 2.75. The number of hydrogen-bond donors (Lipinski definition) is 6. The Bertz CT molecular complexity index is 1260. The summed E-state index contributed by atoms with van der Waals surface area (Å²) in [4.78, 5) is 81.3. The van der Waals surface area contributed by atoms with Gasteiger partial charge in [-0.3, -0.25) is 28.8 Å². The molecule has 0 aromatic heterocycles. The van der Waals surface area contributed by atoms with Gasteiger partial charge in [0.15, 0.2) is 0 Å². The molecule has 14 heteroatoms. The van der Waals surface area contributed by atoms with Crippen molar-refractivity contribution in [2.24, 2.45) is 5.92 Å². The van der Waals surface area contributed by atoms with Crippen LogP contribution >= 0.6 is 0 Å². The molecule has 2 aliphatic heterocycles. The number of methoxy groups -OCH3 is 1. The first-order chi connectivity index (χ1) is 21.2. The van der Waals surface area contributed by atoms with Crippen LogP contribution in [0.15, 0.2) is 30.3 Å². The number of nitrogens with zero attached hydrogens (tertiary/aromatic N) is 1. The van der Waals surface area contributed by atoms with Gasteiger partial charge in [-0.25, -0.2) is 0 Å². The number of benzene rings is 1. The molecule has 14 nitrogen and oxygen atoms in total. The van der Waals surface area contributed by atoms with Crippen LogP contribution in [0.5, 0.6) is 0 Å². The zero-order valence-corrected chi connectivity index (χ0v) is 26.7. The summed E-state index contributed by atoms with van der Waals surface area (Å²) >= 11 is 0. The molecule has 0 unspecified atom stereocenters. The molecular weight excluding hydrogens is 584 g/mol. The van der Waals surface area contributed by atoms with Crippen LogP contribution in [0.3, 0.4) is 0 Å². The fourth-order valence-corrected chi connectivity index (χ4v) is 5.29. The van der Waals surface area contributed by atoms with E-state index in [0.717, 1.165) is 0 Å². The van der Waals surface area contributed by atoms with Gasteiger partial charge in [-0.1, -0.05) is 44.2 Å². The molecule has 2 saturated heterocycles. The second-order valence-corrected chi connectivity index (χ2v) is 12.5. The first-order valence-electron chi connectivity index (χ1n) is 15.2. The average molecular weight is 631 g/mol. The molecule has 2 fully saturated rings. The van der Waals surface area contributed by atoms with Crippen LogP contribution in [0.2, 0.25) is 0 Å². The van der Waals surface area contributed by atoms with Crippen LogP contribution in [0.1, 0.15) is 65.5 Å². The number of carbonyl (C=O) groups excluding carboxylic acids is 6. The molecule has 2 heterocycles. The summed E-state index contributed by atoms with van der Waals surface area (Å²) in [5, 5.41) is 23.7. The highest BCUT2D eigenvalue weighted by Gasteiger charge is 2.44. The van der Waals surface area contributed by atoms with Crippen molar-refractivity contribution in [2.45, 2.75) is 95.7 Å². The highest BCUT2D eigenvalue weighted by molar-refractivity contribution is 5.96. The number of nitrogens with one attached hydrogen (secondary N) is 5. The molecule has 0 aliphatic carbocycles. The molecule has 0 spiro atoms. The zero-order chi connectivity index (χ0) is 33.5. The minimum absolute atomic E-state index is 0.0161. The van der Waals surface area contributed by atoms with Crippen molar-refractivity contribution in [3.63, 3.8) is 0 Å². The lowest BCUT2D eigenvalue weighted by molar-refractivity contribution is -0.143. The van der Waals surface area contributed by atoms with Crippen molar-refractivity contribution in [1.29, 1.82) is 0 Å². The molecule has 1 aromatic carbocycles. The second-order valence-electron chi connectivity index (χ2n) is 12.5. The van der Waals surface area contributed by atoms with Crippen molar-refractivity contribution in [1.82, 2.24) is 31.5 Å². The molecule has 6 atom stereocenters. The van der Waals surface area contributed by atoms with Gasteiger partial charge in [0.1, 0.15) is 29.8 Å². The SMILES string of the molecule is COC(C)(C)C(=O)N[C@H]1C[C@H]2C(=O)N[C@@H](C)C(=O)N[C@@H](c3ccccc3)CC(=O)N[C@@H](CC(C)C)C(=O)N[C@H](CO)C(=O)N2C1. The number of hydrogen-bond acceptors (Lipinski definition) is 8. The Morgan fingerprint density at radius 3 is 2.27 bits per heavy atom. The third-order valence-corrected chi connectivity index (χ3v) is 8.10. The molecule has 0 bridgehead atoms. The Labute approximate surface area is 263 Å². The molecule has 6 amide bonds. The highest BCUT2D eigenvalue weighted by atomic mass is 16.5. The Morgan fingerprint density at radius 2 is 1.67 bits per heavy atom. The largest absolute Gasteiger partial charge is 0.394 e. The van der Waals surface area contributed by atoms with Gasteiger partial charge in [-0.05, 0) is 45.1 Å². The first-order valence-corrected chi connectivity index (χ1v) is 15.2. The third-order valence-electron chi connectivity index (χ3n) is 8.10. The van der Waals surface area contributed by atoms with Crippen LogP contribution in [-0.4, -0.2) is 102 Å². The van der Waals surface area contributed by atoms with Crippen LogP contribution in [0.25, 0.3) is 0 Å². The van der Waals surface area contributed by atoms with Gasteiger partial charge in [-0.15, -0.1) is 0 Å². The number of ether oxygens (including phenoxy) is 1. The number of amides is 6. The van der Waals surface area contributed by atoms with Gasteiger partial charge in [0.05, 0.1) is 19.1 Å². The van der Waals surface area contributed by atoms with Crippen molar-refractivity contribution < 1.29 is 38.6 Å². The summed E-state index contributed by atoms with van der Waals surface area (Å²) in [7, 11) is 1.38. The van der Waals surface area contributed by atoms with Crippen molar-refractivity contribution >= 4 is 35.4 Å². The molecule has 3 rings (SSSR count). The lowest BCUT2D eigenvalue weighted by Crippen LogP contribution is -2.59. The molecule has 1 aromatic rings. The maximum atomic E-state index is 13.7. The number of aliphatic hydroxyl groups excluding tert-OH is 1. The molecular formula is C31H46N6O8. The Morgan fingerprint density at radius 1 is 1.00 bits per heavy atom. The topological polar surface area (TPSA) is 195 Å². The van der Waals surface area contributed by atoms with E-state index in [1.165, 1.54) is 18.9 Å². The Balaban J connectivity index is 1.99. The fraction of sp³-hybridized carbons (Fsp3) is 0.613. The molecule has 248 valence electrons. The monoisotopic (exact) mass is 630 g/mol. The van der Waals surface area contributed by atoms with Crippen molar-refractivity contribution in [2.75, 3.05) is 20.3 Å². The highest BCUT2D eigenvalue weighted by Crippen LogP contribution is 2.22. The average Bonchev–Trinajstić information content (AvgIpc) is 3.42. The molecule has 0 radical (unpaired) electrons. The second kappa shape index (κ2) is 15.3. The minimum atomic E-state index is -1.44. The van der Waals surface area contributed by atoms with Gasteiger partial charge < -0.3 is 41.3 Å². The third kappa shape index (κ3) is 9.24. The van der Waals surface area contributed by atoms with E-state index >= 15 is 0 Å². The van der Waals surface area contributed by atoms with Crippen LogP contribution in [0, 0.1) is 5.92 Å². The van der Waals surface area contributed by atoms with E-state index in [1.807, 2.05) is 13.8 Å². The first kappa shape index (κ1) is 35.4. The number of rotatable bonds is 7. The van der Waals surface area contributed by atoms with Crippen LogP contribution < -0.4 is 26.6 Å². The molecule has 2 aliphatic rings. The van der Waals surface area contributed by atoms with Crippen LogP contribution in [-0.2, 0) is 33.5 Å². The quantitative estimate of drug-likeness (QED) is 0.227. The van der Waals surface area contributed by atoms with E-state index in [-0.39, 0.29) is 31.7 Å². The lowest BCUT2D eigenvalue weighted by atomic mass is 10.00. The predicted octanol–water partition coefficient (Wildman–Crippen LogP) is -0.729. The Kier molecular flexibility index (Phi) is 12.1. The summed E-state index contributed by atoms with van der Waals surface area (Å²) in [5.41, 5.74) is -0.531. The predicted molar refractivity (Wildman–Crippen MR) is 163 cm³/mol. The molecule has 45 heavy (non-hydrogen) atoms. The molecule has 0 saturated carbocycles. The smallest absolute Gasteiger partial charge is 0.251 e. The Hall–Kier alpha value is -4.04. The van der Waals surface area contributed by atoms with E-state index < -0.39 is 83.9 Å². The maximum Gasteiger partial charge on any atom is 0.251 e. The molecule has 6 N–H and O–H groups in total. The summed E-state index contributed by atoms with van der Waals surface area (Å²) in [6.07, 6.45) is 0.0555. The maximum absolute atomic E-state index is 13.7. The van der Waals surface area contributed by atoms with Gasteiger partial charge in [0.2, 0.25) is 29.5 Å².